The summed E-state index contributed by atoms with van der Waals surface area (Å²) in [6, 6.07) is 9.39. The van der Waals surface area contributed by atoms with Crippen LogP contribution in [0.2, 0.25) is 10.0 Å². The highest BCUT2D eigenvalue weighted by Gasteiger charge is 2.38. The molecule has 1 aliphatic rings. The SMILES string of the molecule is CC(=O)NCC(F)(F)c1cccc2c1CCN(C(=O)Cc1c(Cl)cccc1Cl)[C@H]2C. The zero-order valence-electron chi connectivity index (χ0n) is 16.6. The van der Waals surface area contributed by atoms with Gasteiger partial charge in [-0.1, -0.05) is 47.5 Å². The first kappa shape index (κ1) is 22.5. The second kappa shape index (κ2) is 8.90. The third kappa shape index (κ3) is 4.60. The molecular formula is C22H22Cl2F2N2O2. The summed E-state index contributed by atoms with van der Waals surface area (Å²) in [5.41, 5.74) is 1.65. The maximum atomic E-state index is 14.7. The molecular weight excluding hydrogens is 433 g/mol. The molecule has 4 nitrogen and oxygen atoms in total. The Morgan fingerprint density at radius 2 is 1.80 bits per heavy atom. The molecule has 8 heteroatoms. The molecule has 0 unspecified atom stereocenters. The largest absolute Gasteiger partial charge is 0.350 e. The van der Waals surface area contributed by atoms with Crippen molar-refractivity contribution in [3.05, 3.63) is 68.7 Å². The van der Waals surface area contributed by atoms with Gasteiger partial charge in [0.05, 0.1) is 19.0 Å². The molecule has 1 N–H and O–H groups in total. The van der Waals surface area contributed by atoms with Gasteiger partial charge < -0.3 is 10.2 Å². The van der Waals surface area contributed by atoms with E-state index in [2.05, 4.69) is 5.32 Å². The summed E-state index contributed by atoms with van der Waals surface area (Å²) in [6.07, 6.45) is 0.337. The van der Waals surface area contributed by atoms with Gasteiger partial charge in [0.1, 0.15) is 0 Å². The monoisotopic (exact) mass is 454 g/mol. The molecule has 0 radical (unpaired) electrons. The zero-order valence-corrected chi connectivity index (χ0v) is 18.2. The summed E-state index contributed by atoms with van der Waals surface area (Å²) in [6.45, 7) is 2.57. The van der Waals surface area contributed by atoms with Crippen molar-refractivity contribution in [2.75, 3.05) is 13.1 Å². The van der Waals surface area contributed by atoms with Gasteiger partial charge >= 0.3 is 0 Å². The maximum Gasteiger partial charge on any atom is 0.290 e. The first-order chi connectivity index (χ1) is 14.1. The van der Waals surface area contributed by atoms with Crippen LogP contribution in [0.25, 0.3) is 0 Å². The molecule has 30 heavy (non-hydrogen) atoms. The van der Waals surface area contributed by atoms with Crippen molar-refractivity contribution in [2.24, 2.45) is 0 Å². The fourth-order valence-corrected chi connectivity index (χ4v) is 4.37. The van der Waals surface area contributed by atoms with E-state index in [1.165, 1.54) is 13.0 Å². The zero-order chi connectivity index (χ0) is 22.1. The van der Waals surface area contributed by atoms with Crippen LogP contribution in [-0.2, 0) is 28.4 Å². The van der Waals surface area contributed by atoms with E-state index in [9.17, 15) is 18.4 Å². The van der Waals surface area contributed by atoms with E-state index in [4.69, 9.17) is 23.2 Å². The molecule has 1 heterocycles. The highest BCUT2D eigenvalue weighted by atomic mass is 35.5. The van der Waals surface area contributed by atoms with E-state index in [0.717, 1.165) is 0 Å². The summed E-state index contributed by atoms with van der Waals surface area (Å²) >= 11 is 12.4. The lowest BCUT2D eigenvalue weighted by atomic mass is 9.87. The standard InChI is InChI=1S/C22H22Cl2F2N2O2/c1-13-15-5-3-6-18(22(25,26)12-27-14(2)29)16(15)9-10-28(13)21(30)11-17-19(23)7-4-8-20(17)24/h3-8,13H,9-12H2,1-2H3,(H,27,29)/t13-/m0/s1. The van der Waals surface area contributed by atoms with Gasteiger partial charge in [-0.25, -0.2) is 0 Å². The molecule has 0 spiro atoms. The van der Waals surface area contributed by atoms with E-state index in [-0.39, 0.29) is 23.9 Å². The van der Waals surface area contributed by atoms with Gasteiger partial charge in [-0.3, -0.25) is 9.59 Å². The number of carbonyl (C=O) groups is 2. The molecule has 0 saturated heterocycles. The molecule has 1 atom stereocenters. The number of halogens is 4. The van der Waals surface area contributed by atoms with Crippen molar-refractivity contribution in [1.29, 1.82) is 0 Å². The van der Waals surface area contributed by atoms with Crippen LogP contribution in [-0.4, -0.2) is 29.8 Å². The summed E-state index contributed by atoms with van der Waals surface area (Å²) < 4.78 is 29.5. The fourth-order valence-electron chi connectivity index (χ4n) is 3.84. The lowest BCUT2D eigenvalue weighted by molar-refractivity contribution is -0.133. The predicted octanol–water partition coefficient (Wildman–Crippen LogP) is 4.91. The van der Waals surface area contributed by atoms with Crippen molar-refractivity contribution in [2.45, 2.75) is 38.7 Å². The molecule has 0 fully saturated rings. The third-order valence-electron chi connectivity index (χ3n) is 5.40. The summed E-state index contributed by atoms with van der Waals surface area (Å²) in [5, 5.41) is 3.02. The fraction of sp³-hybridized carbons (Fsp3) is 0.364. The molecule has 0 bridgehead atoms. The van der Waals surface area contributed by atoms with Crippen molar-refractivity contribution < 1.29 is 18.4 Å². The minimum atomic E-state index is -3.20. The molecule has 2 amide bonds. The Bertz CT molecular complexity index is 961. The van der Waals surface area contributed by atoms with E-state index >= 15 is 0 Å². The van der Waals surface area contributed by atoms with Gasteiger partial charge in [0.2, 0.25) is 11.8 Å². The Morgan fingerprint density at radius 3 is 2.43 bits per heavy atom. The molecule has 160 valence electrons. The molecule has 3 rings (SSSR count). The summed E-state index contributed by atoms with van der Waals surface area (Å²) in [4.78, 5) is 25.7. The van der Waals surface area contributed by atoms with Crippen LogP contribution in [0.4, 0.5) is 8.78 Å². The normalized spacial score (nSPS) is 16.2. The predicted molar refractivity (Wildman–Crippen MR) is 113 cm³/mol. The quantitative estimate of drug-likeness (QED) is 0.697. The number of nitrogens with zero attached hydrogens (tertiary/aromatic N) is 1. The Hall–Kier alpha value is -2.18. The van der Waals surface area contributed by atoms with Gasteiger partial charge in [0.15, 0.2) is 0 Å². The van der Waals surface area contributed by atoms with Crippen molar-refractivity contribution in [3.8, 4) is 0 Å². The topological polar surface area (TPSA) is 49.4 Å². The number of nitrogens with one attached hydrogen (secondary N) is 1. The average Bonchev–Trinajstić information content (AvgIpc) is 2.69. The van der Waals surface area contributed by atoms with Gasteiger partial charge in [-0.05, 0) is 42.2 Å². The van der Waals surface area contributed by atoms with Gasteiger partial charge in [-0.15, -0.1) is 0 Å². The van der Waals surface area contributed by atoms with Crippen LogP contribution < -0.4 is 5.32 Å². The minimum absolute atomic E-state index is 0.0383. The van der Waals surface area contributed by atoms with Crippen LogP contribution in [0.1, 0.15) is 42.1 Å². The van der Waals surface area contributed by atoms with Crippen LogP contribution in [0.5, 0.6) is 0 Å². The molecule has 0 aliphatic carbocycles. The first-order valence-corrected chi connectivity index (χ1v) is 10.3. The van der Waals surface area contributed by atoms with Gasteiger partial charge in [-0.2, -0.15) is 8.78 Å². The molecule has 0 saturated carbocycles. The smallest absolute Gasteiger partial charge is 0.290 e. The Labute approximate surface area is 184 Å². The molecule has 0 aromatic heterocycles. The number of hydrogen-bond acceptors (Lipinski definition) is 2. The molecule has 1 aliphatic heterocycles. The number of fused-ring (bicyclic) bond motifs is 1. The number of alkyl halides is 2. The van der Waals surface area contributed by atoms with Crippen LogP contribution in [0.3, 0.4) is 0 Å². The Balaban J connectivity index is 1.85. The van der Waals surface area contributed by atoms with Crippen molar-refractivity contribution in [1.82, 2.24) is 10.2 Å². The van der Waals surface area contributed by atoms with E-state index < -0.39 is 18.4 Å². The summed E-state index contributed by atoms with van der Waals surface area (Å²) in [7, 11) is 0. The maximum absolute atomic E-state index is 14.7. The van der Waals surface area contributed by atoms with Gasteiger partial charge in [0, 0.05) is 29.1 Å². The average molecular weight is 455 g/mol. The van der Waals surface area contributed by atoms with Crippen molar-refractivity contribution >= 4 is 35.0 Å². The van der Waals surface area contributed by atoms with E-state index in [1.807, 2.05) is 6.92 Å². The third-order valence-corrected chi connectivity index (χ3v) is 6.10. The number of amides is 2. The number of hydrogen-bond donors (Lipinski definition) is 1. The van der Waals surface area contributed by atoms with Crippen LogP contribution in [0.15, 0.2) is 36.4 Å². The molecule has 2 aromatic rings. The lowest BCUT2D eigenvalue weighted by Crippen LogP contribution is -2.41. The van der Waals surface area contributed by atoms with E-state index in [1.54, 1.807) is 35.2 Å². The number of benzene rings is 2. The highest BCUT2D eigenvalue weighted by molar-refractivity contribution is 6.36. The minimum Gasteiger partial charge on any atom is -0.350 e. The first-order valence-electron chi connectivity index (χ1n) is 9.58. The van der Waals surface area contributed by atoms with Crippen LogP contribution >= 0.6 is 23.2 Å². The molecule has 2 aromatic carbocycles. The van der Waals surface area contributed by atoms with Crippen LogP contribution in [0, 0.1) is 0 Å². The number of carbonyl (C=O) groups excluding carboxylic acids is 2. The highest BCUT2D eigenvalue weighted by Crippen LogP contribution is 2.38. The second-order valence-corrected chi connectivity index (χ2v) is 8.19. The van der Waals surface area contributed by atoms with E-state index in [0.29, 0.717) is 39.7 Å². The summed E-state index contributed by atoms with van der Waals surface area (Å²) in [5.74, 6) is -3.88. The number of rotatable bonds is 5. The second-order valence-electron chi connectivity index (χ2n) is 7.38. The van der Waals surface area contributed by atoms with Gasteiger partial charge in [0.25, 0.3) is 5.92 Å². The Morgan fingerprint density at radius 1 is 1.17 bits per heavy atom. The van der Waals surface area contributed by atoms with Crippen molar-refractivity contribution in [3.63, 3.8) is 0 Å². The lowest BCUT2D eigenvalue weighted by Gasteiger charge is -2.37. The Kier molecular flexibility index (Phi) is 6.68.